The van der Waals surface area contributed by atoms with Crippen LogP contribution in [-0.2, 0) is 0 Å². The first-order valence-corrected chi connectivity index (χ1v) is 7.54. The van der Waals surface area contributed by atoms with Crippen LogP contribution >= 0.6 is 15.9 Å². The highest BCUT2D eigenvalue weighted by Gasteiger charge is 2.27. The number of amides is 1. The van der Waals surface area contributed by atoms with Gasteiger partial charge in [-0.15, -0.1) is 0 Å². The molecule has 1 aromatic carbocycles. The molecule has 1 amide bonds. The van der Waals surface area contributed by atoms with Crippen LogP contribution in [0, 0.1) is 12.3 Å². The monoisotopic (exact) mass is 324 g/mol. The standard InChI is InChI=1S/C15H21BrN2O/c1-11-6-12(8-13(16)7-11)14(19)18-10-15(2)4-3-5-17-9-15/h6-8,17H,3-5,9-10H2,1-2H3,(H,18,19). The van der Waals surface area contributed by atoms with Crippen LogP contribution in [0.25, 0.3) is 0 Å². The van der Waals surface area contributed by atoms with Crippen LogP contribution in [-0.4, -0.2) is 25.5 Å². The lowest BCUT2D eigenvalue weighted by atomic mass is 9.83. The topological polar surface area (TPSA) is 41.1 Å². The Morgan fingerprint density at radius 3 is 2.89 bits per heavy atom. The van der Waals surface area contributed by atoms with E-state index in [9.17, 15) is 4.79 Å². The first kappa shape index (κ1) is 14.5. The van der Waals surface area contributed by atoms with Crippen molar-refractivity contribution in [3.05, 3.63) is 33.8 Å². The summed E-state index contributed by atoms with van der Waals surface area (Å²) in [5.74, 6) is 0.0104. The van der Waals surface area contributed by atoms with E-state index < -0.39 is 0 Å². The molecule has 4 heteroatoms. The van der Waals surface area contributed by atoms with Crippen molar-refractivity contribution in [2.75, 3.05) is 19.6 Å². The Bertz CT molecular complexity index is 447. The summed E-state index contributed by atoms with van der Waals surface area (Å²) in [5, 5.41) is 6.46. The van der Waals surface area contributed by atoms with Gasteiger partial charge in [-0.05, 0) is 55.5 Å². The Hall–Kier alpha value is -0.870. The number of nitrogens with one attached hydrogen (secondary N) is 2. The first-order chi connectivity index (χ1) is 8.98. The van der Waals surface area contributed by atoms with Crippen molar-refractivity contribution in [2.45, 2.75) is 26.7 Å². The van der Waals surface area contributed by atoms with Gasteiger partial charge in [0.25, 0.3) is 5.91 Å². The number of aryl methyl sites for hydroxylation is 1. The van der Waals surface area contributed by atoms with Gasteiger partial charge in [-0.3, -0.25) is 4.79 Å². The van der Waals surface area contributed by atoms with Crippen LogP contribution in [0.5, 0.6) is 0 Å². The van der Waals surface area contributed by atoms with Gasteiger partial charge in [-0.2, -0.15) is 0 Å². The lowest BCUT2D eigenvalue weighted by molar-refractivity contribution is 0.0924. The number of carbonyl (C=O) groups is 1. The molecule has 1 heterocycles. The van der Waals surface area contributed by atoms with E-state index in [-0.39, 0.29) is 11.3 Å². The number of hydrogen-bond donors (Lipinski definition) is 2. The van der Waals surface area contributed by atoms with Gasteiger partial charge in [0.1, 0.15) is 0 Å². The van der Waals surface area contributed by atoms with E-state index in [0.717, 1.165) is 41.7 Å². The zero-order valence-electron chi connectivity index (χ0n) is 11.6. The fourth-order valence-electron chi connectivity index (χ4n) is 2.53. The van der Waals surface area contributed by atoms with Gasteiger partial charge in [-0.25, -0.2) is 0 Å². The molecule has 1 aromatic rings. The van der Waals surface area contributed by atoms with E-state index in [0.29, 0.717) is 0 Å². The smallest absolute Gasteiger partial charge is 0.251 e. The molecule has 1 fully saturated rings. The van der Waals surface area contributed by atoms with Crippen molar-refractivity contribution in [2.24, 2.45) is 5.41 Å². The van der Waals surface area contributed by atoms with Crippen LogP contribution in [0.4, 0.5) is 0 Å². The lowest BCUT2D eigenvalue weighted by Gasteiger charge is -2.34. The summed E-state index contributed by atoms with van der Waals surface area (Å²) in [6.45, 7) is 7.02. The third-order valence-corrected chi connectivity index (χ3v) is 4.12. The predicted octanol–water partition coefficient (Wildman–Crippen LogP) is 2.88. The number of carbonyl (C=O) groups excluding carboxylic acids is 1. The average molecular weight is 325 g/mol. The molecular weight excluding hydrogens is 304 g/mol. The summed E-state index contributed by atoms with van der Waals surface area (Å²) in [4.78, 5) is 12.2. The molecule has 2 rings (SSSR count). The maximum Gasteiger partial charge on any atom is 0.251 e. The third kappa shape index (κ3) is 4.05. The van der Waals surface area contributed by atoms with E-state index in [2.05, 4.69) is 33.5 Å². The fourth-order valence-corrected chi connectivity index (χ4v) is 3.14. The molecule has 1 unspecified atom stereocenters. The van der Waals surface area contributed by atoms with E-state index in [1.54, 1.807) is 0 Å². The van der Waals surface area contributed by atoms with Gasteiger partial charge in [0.05, 0.1) is 0 Å². The molecule has 1 saturated heterocycles. The van der Waals surface area contributed by atoms with Crippen molar-refractivity contribution < 1.29 is 4.79 Å². The zero-order chi connectivity index (χ0) is 13.9. The predicted molar refractivity (Wildman–Crippen MR) is 81.4 cm³/mol. The van der Waals surface area contributed by atoms with Crippen molar-refractivity contribution >= 4 is 21.8 Å². The van der Waals surface area contributed by atoms with Crippen LogP contribution in [0.3, 0.4) is 0 Å². The largest absolute Gasteiger partial charge is 0.351 e. The second-order valence-electron chi connectivity index (χ2n) is 5.79. The molecule has 19 heavy (non-hydrogen) atoms. The maximum absolute atomic E-state index is 12.2. The van der Waals surface area contributed by atoms with E-state index in [1.165, 1.54) is 6.42 Å². The molecule has 0 radical (unpaired) electrons. The molecule has 0 bridgehead atoms. The molecule has 0 saturated carbocycles. The Morgan fingerprint density at radius 1 is 1.47 bits per heavy atom. The summed E-state index contributed by atoms with van der Waals surface area (Å²) in [5.41, 5.74) is 1.99. The molecule has 1 atom stereocenters. The van der Waals surface area contributed by atoms with Crippen molar-refractivity contribution in [3.63, 3.8) is 0 Å². The quantitative estimate of drug-likeness (QED) is 0.897. The molecule has 0 aromatic heterocycles. The van der Waals surface area contributed by atoms with Gasteiger partial charge in [0.15, 0.2) is 0 Å². The van der Waals surface area contributed by atoms with Crippen molar-refractivity contribution in [1.29, 1.82) is 0 Å². The minimum atomic E-state index is 0.0104. The number of benzene rings is 1. The van der Waals surface area contributed by atoms with Crippen molar-refractivity contribution in [3.8, 4) is 0 Å². The minimum Gasteiger partial charge on any atom is -0.351 e. The van der Waals surface area contributed by atoms with Gasteiger partial charge in [0.2, 0.25) is 0 Å². The Morgan fingerprint density at radius 2 is 2.26 bits per heavy atom. The SMILES string of the molecule is Cc1cc(Br)cc(C(=O)NCC2(C)CCCNC2)c1. The second kappa shape index (κ2) is 6.06. The average Bonchev–Trinajstić information content (AvgIpc) is 2.36. The van der Waals surface area contributed by atoms with Crippen LogP contribution in [0.1, 0.15) is 35.7 Å². The summed E-state index contributed by atoms with van der Waals surface area (Å²) in [7, 11) is 0. The molecule has 3 nitrogen and oxygen atoms in total. The molecule has 0 spiro atoms. The maximum atomic E-state index is 12.2. The number of rotatable bonds is 3. The van der Waals surface area contributed by atoms with Gasteiger partial charge < -0.3 is 10.6 Å². The molecule has 2 N–H and O–H groups in total. The fraction of sp³-hybridized carbons (Fsp3) is 0.533. The molecule has 1 aliphatic rings. The highest BCUT2D eigenvalue weighted by molar-refractivity contribution is 9.10. The van der Waals surface area contributed by atoms with Crippen LogP contribution in [0.2, 0.25) is 0 Å². The van der Waals surface area contributed by atoms with Crippen molar-refractivity contribution in [1.82, 2.24) is 10.6 Å². The molecular formula is C15H21BrN2O. The third-order valence-electron chi connectivity index (χ3n) is 3.67. The van der Waals surface area contributed by atoms with E-state index >= 15 is 0 Å². The highest BCUT2D eigenvalue weighted by Crippen LogP contribution is 2.24. The molecule has 1 aliphatic heterocycles. The minimum absolute atomic E-state index is 0.0104. The summed E-state index contributed by atoms with van der Waals surface area (Å²) in [6, 6.07) is 5.79. The Balaban J connectivity index is 1.97. The first-order valence-electron chi connectivity index (χ1n) is 6.75. The summed E-state index contributed by atoms with van der Waals surface area (Å²) >= 11 is 3.43. The highest BCUT2D eigenvalue weighted by atomic mass is 79.9. The second-order valence-corrected chi connectivity index (χ2v) is 6.71. The lowest BCUT2D eigenvalue weighted by Crippen LogP contribution is -2.45. The van der Waals surface area contributed by atoms with Gasteiger partial charge in [0, 0.05) is 23.1 Å². The normalized spacial score (nSPS) is 23.1. The Labute approximate surface area is 123 Å². The van der Waals surface area contributed by atoms with Crippen LogP contribution in [0.15, 0.2) is 22.7 Å². The van der Waals surface area contributed by atoms with E-state index in [1.807, 2.05) is 25.1 Å². The Kier molecular flexibility index (Phi) is 4.63. The summed E-state index contributed by atoms with van der Waals surface area (Å²) < 4.78 is 0.947. The van der Waals surface area contributed by atoms with Crippen LogP contribution < -0.4 is 10.6 Å². The van der Waals surface area contributed by atoms with E-state index in [4.69, 9.17) is 0 Å². The van der Waals surface area contributed by atoms with Gasteiger partial charge in [-0.1, -0.05) is 22.9 Å². The molecule has 0 aliphatic carbocycles. The number of hydrogen-bond acceptors (Lipinski definition) is 2. The zero-order valence-corrected chi connectivity index (χ0v) is 13.1. The summed E-state index contributed by atoms with van der Waals surface area (Å²) in [6.07, 6.45) is 2.35. The van der Waals surface area contributed by atoms with Gasteiger partial charge >= 0.3 is 0 Å². The number of piperidine rings is 1. The number of halogens is 1. The molecule has 104 valence electrons.